The summed E-state index contributed by atoms with van der Waals surface area (Å²) in [5.41, 5.74) is 8.12. The lowest BCUT2D eigenvalue weighted by molar-refractivity contribution is 0.408. The number of para-hydroxylation sites is 1. The number of rotatable bonds is 3. The van der Waals surface area contributed by atoms with Crippen LogP contribution >= 0.6 is 0 Å². The Morgan fingerprint density at radius 3 is 2.69 bits per heavy atom. The summed E-state index contributed by atoms with van der Waals surface area (Å²) >= 11 is 0. The fourth-order valence-electron chi connectivity index (χ4n) is 1.66. The van der Waals surface area contributed by atoms with Gasteiger partial charge in [0.2, 0.25) is 0 Å². The van der Waals surface area contributed by atoms with E-state index in [4.69, 9.17) is 10.5 Å². The number of nitrogens with two attached hydrogens (primary N) is 1. The van der Waals surface area contributed by atoms with Crippen molar-refractivity contribution in [2.45, 2.75) is 6.04 Å². The molecule has 0 aliphatic heterocycles. The number of benzene rings is 1. The minimum Gasteiger partial charge on any atom is -0.496 e. The van der Waals surface area contributed by atoms with Crippen LogP contribution in [-0.4, -0.2) is 12.1 Å². The average molecular weight is 214 g/mol. The van der Waals surface area contributed by atoms with Crippen molar-refractivity contribution in [2.24, 2.45) is 5.73 Å². The van der Waals surface area contributed by atoms with Gasteiger partial charge in [-0.3, -0.25) is 4.98 Å². The Morgan fingerprint density at radius 2 is 2.00 bits per heavy atom. The fourth-order valence-corrected chi connectivity index (χ4v) is 1.66. The van der Waals surface area contributed by atoms with E-state index in [0.717, 1.165) is 16.9 Å². The van der Waals surface area contributed by atoms with Crippen LogP contribution in [0.2, 0.25) is 0 Å². The van der Waals surface area contributed by atoms with E-state index in [1.54, 1.807) is 19.5 Å². The zero-order valence-corrected chi connectivity index (χ0v) is 9.13. The number of methoxy groups -OCH3 is 1. The molecule has 0 radical (unpaired) electrons. The lowest BCUT2D eigenvalue weighted by Crippen LogP contribution is -2.13. The van der Waals surface area contributed by atoms with Crippen molar-refractivity contribution < 1.29 is 4.74 Å². The quantitative estimate of drug-likeness (QED) is 0.851. The molecular formula is C13H14N2O. The van der Waals surface area contributed by atoms with Crippen LogP contribution in [0.1, 0.15) is 17.2 Å². The van der Waals surface area contributed by atoms with Gasteiger partial charge in [0.25, 0.3) is 0 Å². The summed E-state index contributed by atoms with van der Waals surface area (Å²) < 4.78 is 5.29. The number of ether oxygens (including phenoxy) is 1. The van der Waals surface area contributed by atoms with Gasteiger partial charge in [0.05, 0.1) is 13.2 Å². The summed E-state index contributed by atoms with van der Waals surface area (Å²) in [5.74, 6) is 0.804. The predicted molar refractivity (Wildman–Crippen MR) is 63.3 cm³/mol. The monoisotopic (exact) mass is 214 g/mol. The minimum absolute atomic E-state index is 0.204. The van der Waals surface area contributed by atoms with Gasteiger partial charge in [0.1, 0.15) is 5.75 Å². The molecule has 82 valence electrons. The van der Waals surface area contributed by atoms with Gasteiger partial charge in [-0.25, -0.2) is 0 Å². The van der Waals surface area contributed by atoms with Gasteiger partial charge in [-0.05, 0) is 17.7 Å². The lowest BCUT2D eigenvalue weighted by Gasteiger charge is -2.15. The predicted octanol–water partition coefficient (Wildman–Crippen LogP) is 2.14. The molecule has 0 amide bonds. The fraction of sp³-hybridized carbons (Fsp3) is 0.154. The first-order chi connectivity index (χ1) is 7.83. The summed E-state index contributed by atoms with van der Waals surface area (Å²) in [6.45, 7) is 0. The Morgan fingerprint density at radius 1 is 1.19 bits per heavy atom. The van der Waals surface area contributed by atoms with Crippen LogP contribution in [0.4, 0.5) is 0 Å². The minimum atomic E-state index is -0.204. The molecule has 1 aromatic heterocycles. The van der Waals surface area contributed by atoms with E-state index in [1.165, 1.54) is 0 Å². The highest BCUT2D eigenvalue weighted by molar-refractivity contribution is 5.40. The highest BCUT2D eigenvalue weighted by Crippen LogP contribution is 2.27. The Bertz CT molecular complexity index is 456. The molecule has 1 unspecified atom stereocenters. The van der Waals surface area contributed by atoms with Gasteiger partial charge in [0, 0.05) is 18.0 Å². The normalized spacial score (nSPS) is 12.1. The van der Waals surface area contributed by atoms with Crippen molar-refractivity contribution in [1.29, 1.82) is 0 Å². The van der Waals surface area contributed by atoms with E-state index in [0.29, 0.717) is 0 Å². The van der Waals surface area contributed by atoms with Gasteiger partial charge in [-0.1, -0.05) is 24.3 Å². The molecule has 0 bridgehead atoms. The molecular weight excluding hydrogens is 200 g/mol. The smallest absolute Gasteiger partial charge is 0.123 e. The van der Waals surface area contributed by atoms with Crippen LogP contribution in [0.3, 0.4) is 0 Å². The van der Waals surface area contributed by atoms with E-state index in [9.17, 15) is 0 Å². The van der Waals surface area contributed by atoms with Crippen molar-refractivity contribution in [2.75, 3.05) is 7.11 Å². The third-order valence-electron chi connectivity index (χ3n) is 2.52. The highest BCUT2D eigenvalue weighted by Gasteiger charge is 2.12. The van der Waals surface area contributed by atoms with E-state index in [-0.39, 0.29) is 6.04 Å². The zero-order valence-electron chi connectivity index (χ0n) is 9.13. The summed E-state index contributed by atoms with van der Waals surface area (Å²) in [6.07, 6.45) is 3.51. The van der Waals surface area contributed by atoms with Gasteiger partial charge < -0.3 is 10.5 Å². The lowest BCUT2D eigenvalue weighted by atomic mass is 10.0. The number of pyridine rings is 1. The maximum atomic E-state index is 6.17. The first-order valence-electron chi connectivity index (χ1n) is 5.11. The Labute approximate surface area is 94.9 Å². The van der Waals surface area contributed by atoms with Crippen molar-refractivity contribution in [3.8, 4) is 5.75 Å². The number of hydrogen-bond donors (Lipinski definition) is 1. The van der Waals surface area contributed by atoms with Crippen LogP contribution < -0.4 is 10.5 Å². The molecule has 0 spiro atoms. The van der Waals surface area contributed by atoms with Gasteiger partial charge in [-0.15, -0.1) is 0 Å². The highest BCUT2D eigenvalue weighted by atomic mass is 16.5. The van der Waals surface area contributed by atoms with E-state index in [1.807, 2.05) is 36.4 Å². The molecule has 16 heavy (non-hydrogen) atoms. The van der Waals surface area contributed by atoms with Crippen LogP contribution in [0.5, 0.6) is 5.75 Å². The first kappa shape index (κ1) is 10.6. The van der Waals surface area contributed by atoms with Gasteiger partial charge in [-0.2, -0.15) is 0 Å². The van der Waals surface area contributed by atoms with Gasteiger partial charge in [0.15, 0.2) is 0 Å². The molecule has 0 saturated heterocycles. The molecule has 2 rings (SSSR count). The molecule has 1 aromatic carbocycles. The van der Waals surface area contributed by atoms with Crippen LogP contribution in [0.25, 0.3) is 0 Å². The Hall–Kier alpha value is -1.87. The number of aromatic nitrogens is 1. The number of nitrogens with zero attached hydrogens (tertiary/aromatic N) is 1. The topological polar surface area (TPSA) is 48.1 Å². The molecule has 3 heteroatoms. The molecule has 2 N–H and O–H groups in total. The zero-order chi connectivity index (χ0) is 11.4. The SMILES string of the molecule is COc1ccccc1C(N)c1cccnc1. The van der Waals surface area contributed by atoms with Crippen molar-refractivity contribution >= 4 is 0 Å². The van der Waals surface area contributed by atoms with Crippen molar-refractivity contribution in [3.05, 3.63) is 59.9 Å². The average Bonchev–Trinajstić information content (AvgIpc) is 2.39. The molecule has 0 saturated carbocycles. The molecule has 0 aliphatic carbocycles. The third kappa shape index (κ3) is 2.04. The third-order valence-corrected chi connectivity index (χ3v) is 2.52. The molecule has 2 aromatic rings. The summed E-state index contributed by atoms with van der Waals surface area (Å²) in [6, 6.07) is 11.4. The molecule has 0 fully saturated rings. The largest absolute Gasteiger partial charge is 0.496 e. The molecule has 3 nitrogen and oxygen atoms in total. The molecule has 1 atom stereocenters. The molecule has 0 aliphatic rings. The second-order valence-electron chi connectivity index (χ2n) is 3.51. The Kier molecular flexibility index (Phi) is 3.17. The van der Waals surface area contributed by atoms with Crippen LogP contribution in [0, 0.1) is 0 Å². The summed E-state index contributed by atoms with van der Waals surface area (Å²) in [5, 5.41) is 0. The molecule has 1 heterocycles. The Balaban J connectivity index is 2.37. The van der Waals surface area contributed by atoms with E-state index < -0.39 is 0 Å². The van der Waals surface area contributed by atoms with Crippen molar-refractivity contribution in [1.82, 2.24) is 4.98 Å². The summed E-state index contributed by atoms with van der Waals surface area (Å²) in [4.78, 5) is 4.07. The second kappa shape index (κ2) is 4.77. The second-order valence-corrected chi connectivity index (χ2v) is 3.51. The maximum absolute atomic E-state index is 6.17. The van der Waals surface area contributed by atoms with Crippen LogP contribution in [0.15, 0.2) is 48.8 Å². The standard InChI is InChI=1S/C13H14N2O/c1-16-12-7-3-2-6-11(12)13(14)10-5-4-8-15-9-10/h2-9,13H,14H2,1H3. The van der Waals surface area contributed by atoms with E-state index in [2.05, 4.69) is 4.98 Å². The van der Waals surface area contributed by atoms with E-state index >= 15 is 0 Å². The number of hydrogen-bond acceptors (Lipinski definition) is 3. The van der Waals surface area contributed by atoms with Crippen molar-refractivity contribution in [3.63, 3.8) is 0 Å². The maximum Gasteiger partial charge on any atom is 0.123 e. The van der Waals surface area contributed by atoms with Gasteiger partial charge >= 0.3 is 0 Å². The summed E-state index contributed by atoms with van der Waals surface area (Å²) in [7, 11) is 1.65. The first-order valence-corrected chi connectivity index (χ1v) is 5.11. The van der Waals surface area contributed by atoms with Crippen LogP contribution in [-0.2, 0) is 0 Å².